The Kier molecular flexibility index (Phi) is 8.15. The third-order valence-electron chi connectivity index (χ3n) is 2.42. The van der Waals surface area contributed by atoms with Crippen molar-refractivity contribution >= 4 is 34.2 Å². The highest BCUT2D eigenvalue weighted by Crippen LogP contribution is 2.17. The first-order chi connectivity index (χ1) is 8.04. The third-order valence-corrected chi connectivity index (χ3v) is 3.19. The van der Waals surface area contributed by atoms with Crippen molar-refractivity contribution in [2.75, 3.05) is 13.6 Å². The summed E-state index contributed by atoms with van der Waals surface area (Å²) >= 11 is 3.32. The first kappa shape index (κ1) is 17.4. The number of hydrogen-bond acceptors (Lipinski definition) is 2. The molecule has 0 fully saturated rings. The SMILES string of the molecule is CNCC(C)C(=O)NCc1cc(F)ccc1Br.Cl. The Balaban J connectivity index is 0.00000289. The molecule has 0 saturated carbocycles. The van der Waals surface area contributed by atoms with E-state index in [1.165, 1.54) is 12.1 Å². The van der Waals surface area contributed by atoms with Crippen LogP contribution in [0, 0.1) is 11.7 Å². The van der Waals surface area contributed by atoms with Crippen LogP contribution in [0.4, 0.5) is 4.39 Å². The molecule has 0 radical (unpaired) electrons. The van der Waals surface area contributed by atoms with Gasteiger partial charge >= 0.3 is 0 Å². The molecule has 0 heterocycles. The average molecular weight is 340 g/mol. The molecule has 0 aliphatic heterocycles. The first-order valence-electron chi connectivity index (χ1n) is 5.41. The minimum Gasteiger partial charge on any atom is -0.352 e. The standard InChI is InChI=1S/C12H16BrFN2O.ClH/c1-8(6-15-2)12(17)16-7-9-5-10(14)3-4-11(9)13;/h3-5,8,15H,6-7H2,1-2H3,(H,16,17);1H. The van der Waals surface area contributed by atoms with Crippen LogP contribution in [0.3, 0.4) is 0 Å². The number of amides is 1. The Labute approximate surface area is 121 Å². The summed E-state index contributed by atoms with van der Waals surface area (Å²) in [5.41, 5.74) is 0.731. The molecule has 1 atom stereocenters. The molecule has 0 spiro atoms. The molecule has 2 N–H and O–H groups in total. The lowest BCUT2D eigenvalue weighted by atomic mass is 10.1. The molecule has 1 rings (SSSR count). The molecular weight excluding hydrogens is 322 g/mol. The molecule has 6 heteroatoms. The van der Waals surface area contributed by atoms with Crippen molar-refractivity contribution in [2.24, 2.45) is 5.92 Å². The highest BCUT2D eigenvalue weighted by Gasteiger charge is 2.11. The second-order valence-corrected chi connectivity index (χ2v) is 4.77. The molecule has 3 nitrogen and oxygen atoms in total. The van der Waals surface area contributed by atoms with Crippen molar-refractivity contribution in [1.29, 1.82) is 0 Å². The molecule has 102 valence electrons. The van der Waals surface area contributed by atoms with Gasteiger partial charge in [-0.2, -0.15) is 0 Å². The highest BCUT2D eigenvalue weighted by atomic mass is 79.9. The van der Waals surface area contributed by atoms with Crippen LogP contribution in [0.5, 0.6) is 0 Å². The lowest BCUT2D eigenvalue weighted by Gasteiger charge is -2.12. The summed E-state index contributed by atoms with van der Waals surface area (Å²) in [6.07, 6.45) is 0. The van der Waals surface area contributed by atoms with E-state index in [1.807, 2.05) is 6.92 Å². The van der Waals surface area contributed by atoms with Crippen LogP contribution in [0.25, 0.3) is 0 Å². The molecule has 0 aliphatic carbocycles. The summed E-state index contributed by atoms with van der Waals surface area (Å²) in [6, 6.07) is 4.42. The normalized spacial score (nSPS) is 11.6. The zero-order valence-corrected chi connectivity index (χ0v) is 12.7. The van der Waals surface area contributed by atoms with E-state index in [1.54, 1.807) is 13.1 Å². The van der Waals surface area contributed by atoms with Crippen LogP contribution in [0.2, 0.25) is 0 Å². The van der Waals surface area contributed by atoms with Crippen LogP contribution in [0.15, 0.2) is 22.7 Å². The number of carbonyl (C=O) groups excluding carboxylic acids is 1. The molecule has 1 unspecified atom stereocenters. The van der Waals surface area contributed by atoms with Crippen molar-refractivity contribution in [3.05, 3.63) is 34.1 Å². The molecule has 1 aromatic carbocycles. The van der Waals surface area contributed by atoms with E-state index in [0.717, 1.165) is 10.0 Å². The first-order valence-corrected chi connectivity index (χ1v) is 6.20. The van der Waals surface area contributed by atoms with Gasteiger partial charge in [0.1, 0.15) is 5.82 Å². The topological polar surface area (TPSA) is 41.1 Å². The van der Waals surface area contributed by atoms with Gasteiger partial charge in [0.25, 0.3) is 0 Å². The van der Waals surface area contributed by atoms with Gasteiger partial charge < -0.3 is 10.6 Å². The van der Waals surface area contributed by atoms with Crippen molar-refractivity contribution in [2.45, 2.75) is 13.5 Å². The number of halogens is 3. The molecule has 0 saturated heterocycles. The Bertz CT molecular complexity index is 404. The summed E-state index contributed by atoms with van der Waals surface area (Å²) < 4.78 is 13.8. The lowest BCUT2D eigenvalue weighted by Crippen LogP contribution is -2.33. The quantitative estimate of drug-likeness (QED) is 0.865. The Morgan fingerprint density at radius 1 is 1.50 bits per heavy atom. The van der Waals surface area contributed by atoms with Gasteiger partial charge in [-0.25, -0.2) is 4.39 Å². The van der Waals surface area contributed by atoms with Crippen LogP contribution in [0.1, 0.15) is 12.5 Å². The van der Waals surface area contributed by atoms with Crippen molar-refractivity contribution in [3.63, 3.8) is 0 Å². The van der Waals surface area contributed by atoms with Crippen LogP contribution in [-0.4, -0.2) is 19.5 Å². The largest absolute Gasteiger partial charge is 0.352 e. The van der Waals surface area contributed by atoms with Gasteiger partial charge in [-0.1, -0.05) is 22.9 Å². The van der Waals surface area contributed by atoms with Gasteiger partial charge in [-0.3, -0.25) is 4.79 Å². The Morgan fingerprint density at radius 2 is 2.17 bits per heavy atom. The molecular formula is C12H17BrClFN2O. The fourth-order valence-corrected chi connectivity index (χ4v) is 1.82. The number of hydrogen-bond donors (Lipinski definition) is 2. The molecule has 0 aliphatic rings. The van der Waals surface area contributed by atoms with E-state index in [-0.39, 0.29) is 30.0 Å². The molecule has 18 heavy (non-hydrogen) atoms. The van der Waals surface area contributed by atoms with Gasteiger partial charge in [-0.15, -0.1) is 12.4 Å². The van der Waals surface area contributed by atoms with Crippen molar-refractivity contribution < 1.29 is 9.18 Å². The minimum atomic E-state index is -0.305. The van der Waals surface area contributed by atoms with Crippen molar-refractivity contribution in [1.82, 2.24) is 10.6 Å². The van der Waals surface area contributed by atoms with Gasteiger partial charge in [-0.05, 0) is 30.8 Å². The fourth-order valence-electron chi connectivity index (χ4n) is 1.43. The maximum absolute atomic E-state index is 13.0. The van der Waals surface area contributed by atoms with E-state index in [4.69, 9.17) is 0 Å². The van der Waals surface area contributed by atoms with E-state index in [0.29, 0.717) is 13.1 Å². The number of carbonyl (C=O) groups is 1. The molecule has 0 aromatic heterocycles. The maximum atomic E-state index is 13.0. The molecule has 1 aromatic rings. The van der Waals surface area contributed by atoms with Gasteiger partial charge in [0.15, 0.2) is 0 Å². The summed E-state index contributed by atoms with van der Waals surface area (Å²) in [4.78, 5) is 11.6. The Morgan fingerprint density at radius 3 is 2.78 bits per heavy atom. The predicted molar refractivity (Wildman–Crippen MR) is 76.3 cm³/mol. The average Bonchev–Trinajstić information content (AvgIpc) is 2.30. The van der Waals surface area contributed by atoms with Crippen LogP contribution < -0.4 is 10.6 Å². The second kappa shape index (κ2) is 8.45. The predicted octanol–water partition coefficient (Wildman–Crippen LogP) is 2.48. The molecule has 1 amide bonds. The minimum absolute atomic E-state index is 0. The van der Waals surface area contributed by atoms with Crippen LogP contribution in [-0.2, 0) is 11.3 Å². The van der Waals surface area contributed by atoms with E-state index in [2.05, 4.69) is 26.6 Å². The van der Waals surface area contributed by atoms with E-state index in [9.17, 15) is 9.18 Å². The number of benzene rings is 1. The number of nitrogens with one attached hydrogen (secondary N) is 2. The van der Waals surface area contributed by atoms with Crippen LogP contribution >= 0.6 is 28.3 Å². The summed E-state index contributed by atoms with van der Waals surface area (Å²) in [5.74, 6) is -0.455. The zero-order valence-electron chi connectivity index (χ0n) is 10.3. The smallest absolute Gasteiger partial charge is 0.224 e. The maximum Gasteiger partial charge on any atom is 0.224 e. The van der Waals surface area contributed by atoms with Gasteiger partial charge in [0.05, 0.1) is 0 Å². The number of rotatable bonds is 5. The van der Waals surface area contributed by atoms with Gasteiger partial charge in [0, 0.05) is 23.5 Å². The Hall–Kier alpha value is -0.650. The van der Waals surface area contributed by atoms with Gasteiger partial charge in [0.2, 0.25) is 5.91 Å². The lowest BCUT2D eigenvalue weighted by molar-refractivity contribution is -0.124. The second-order valence-electron chi connectivity index (χ2n) is 3.91. The summed E-state index contributed by atoms with van der Waals surface area (Å²) in [6.45, 7) is 2.79. The van der Waals surface area contributed by atoms with Crippen molar-refractivity contribution in [3.8, 4) is 0 Å². The zero-order chi connectivity index (χ0) is 12.8. The molecule has 0 bridgehead atoms. The van der Waals surface area contributed by atoms with E-state index >= 15 is 0 Å². The highest BCUT2D eigenvalue weighted by molar-refractivity contribution is 9.10. The fraction of sp³-hybridized carbons (Fsp3) is 0.417. The van der Waals surface area contributed by atoms with E-state index < -0.39 is 0 Å². The summed E-state index contributed by atoms with van der Waals surface area (Å²) in [7, 11) is 1.80. The summed E-state index contributed by atoms with van der Waals surface area (Å²) in [5, 5.41) is 5.71. The third kappa shape index (κ3) is 5.33. The monoisotopic (exact) mass is 338 g/mol.